The first kappa shape index (κ1) is 26.1. The third-order valence-corrected chi connectivity index (χ3v) is 2.71. The maximum absolute atomic E-state index is 11.7. The van der Waals surface area contributed by atoms with Crippen molar-refractivity contribution >= 4 is 0 Å². The van der Waals surface area contributed by atoms with Gasteiger partial charge in [0.05, 0.1) is 6.61 Å². The topological polar surface area (TPSA) is 18.5 Å². The van der Waals surface area contributed by atoms with E-state index in [1.165, 1.54) is 17.7 Å². The molecule has 2 aromatic carbocycles. The molecule has 0 saturated heterocycles. The molecule has 0 N–H and O–H groups in total. The Morgan fingerprint density at radius 3 is 1.46 bits per heavy atom. The van der Waals surface area contributed by atoms with Gasteiger partial charge in [0.1, 0.15) is 11.5 Å². The van der Waals surface area contributed by atoms with Gasteiger partial charge >= 0.3 is 6.36 Å². The Balaban J connectivity index is 0. The minimum atomic E-state index is -4.61. The van der Waals surface area contributed by atoms with Crippen LogP contribution in [-0.2, 0) is 0 Å². The van der Waals surface area contributed by atoms with Gasteiger partial charge in [0.2, 0.25) is 0 Å². The Hall–Kier alpha value is -2.17. The molecule has 0 fully saturated rings. The summed E-state index contributed by atoms with van der Waals surface area (Å²) in [5, 5.41) is 0. The number of ether oxygens (including phenoxy) is 2. The van der Waals surface area contributed by atoms with E-state index in [0.29, 0.717) is 5.56 Å². The number of benzene rings is 2. The predicted octanol–water partition coefficient (Wildman–Crippen LogP) is 7.34. The molecule has 0 aliphatic heterocycles. The summed E-state index contributed by atoms with van der Waals surface area (Å²) in [5.74, 6) is 0.843. The highest BCUT2D eigenvalue weighted by atomic mass is 19.4. The standard InChI is InChI=1S/C9H12O.C8H7F3O.2C2H6/c1-3-10-9-7-5-4-6-8(9)2;1-6-4-2-3-5-7(6)12-8(9,10)11;2*1-2/h4-7H,3H2,1-2H3;2-5H,1H3;2*1-2H3. The van der Waals surface area contributed by atoms with Crippen LogP contribution in [0.2, 0.25) is 0 Å². The third kappa shape index (κ3) is 12.2. The van der Waals surface area contributed by atoms with E-state index in [1.807, 2.05) is 65.8 Å². The fourth-order valence-corrected chi connectivity index (χ4v) is 1.67. The average molecular weight is 372 g/mol. The number of halogens is 3. The summed E-state index contributed by atoms with van der Waals surface area (Å²) in [6.45, 7) is 14.3. The van der Waals surface area contributed by atoms with Crippen molar-refractivity contribution < 1.29 is 22.6 Å². The summed E-state index contributed by atoms with van der Waals surface area (Å²) >= 11 is 0. The third-order valence-electron chi connectivity index (χ3n) is 2.71. The van der Waals surface area contributed by atoms with Crippen molar-refractivity contribution in [3.05, 3.63) is 59.7 Å². The van der Waals surface area contributed by atoms with E-state index in [4.69, 9.17) is 4.74 Å². The lowest BCUT2D eigenvalue weighted by molar-refractivity contribution is -0.274. The van der Waals surface area contributed by atoms with Gasteiger partial charge in [0, 0.05) is 0 Å². The van der Waals surface area contributed by atoms with Crippen molar-refractivity contribution in [3.63, 3.8) is 0 Å². The summed E-state index contributed by atoms with van der Waals surface area (Å²) in [5.41, 5.74) is 1.67. The van der Waals surface area contributed by atoms with Crippen LogP contribution in [0, 0.1) is 13.8 Å². The van der Waals surface area contributed by atoms with E-state index in [0.717, 1.165) is 12.4 Å². The van der Waals surface area contributed by atoms with Gasteiger partial charge in [0.15, 0.2) is 0 Å². The van der Waals surface area contributed by atoms with Crippen molar-refractivity contribution in [2.75, 3.05) is 6.61 Å². The summed E-state index contributed by atoms with van der Waals surface area (Å²) in [6, 6.07) is 14.0. The summed E-state index contributed by atoms with van der Waals surface area (Å²) < 4.78 is 44.2. The first-order valence-electron chi connectivity index (χ1n) is 8.83. The predicted molar refractivity (Wildman–Crippen MR) is 103 cm³/mol. The Morgan fingerprint density at radius 1 is 0.731 bits per heavy atom. The second kappa shape index (κ2) is 15.1. The van der Waals surface area contributed by atoms with Crippen LogP contribution in [0.5, 0.6) is 11.5 Å². The highest BCUT2D eigenvalue weighted by Gasteiger charge is 2.31. The molecule has 0 heterocycles. The zero-order chi connectivity index (χ0) is 20.6. The maximum Gasteiger partial charge on any atom is 0.573 e. The molecule has 2 rings (SSSR count). The van der Waals surface area contributed by atoms with Crippen LogP contribution in [0.1, 0.15) is 45.7 Å². The Labute approximate surface area is 156 Å². The van der Waals surface area contributed by atoms with Crippen molar-refractivity contribution in [1.29, 1.82) is 0 Å². The lowest BCUT2D eigenvalue weighted by atomic mass is 10.2. The highest BCUT2D eigenvalue weighted by Crippen LogP contribution is 2.25. The molecule has 0 amide bonds. The number of hydrogen-bond acceptors (Lipinski definition) is 2. The van der Waals surface area contributed by atoms with E-state index in [-0.39, 0.29) is 5.75 Å². The molecule has 148 valence electrons. The minimum absolute atomic E-state index is 0.148. The number of alkyl halides is 3. The van der Waals surface area contributed by atoms with Gasteiger partial charge in [-0.25, -0.2) is 0 Å². The molecule has 0 spiro atoms. The summed E-state index contributed by atoms with van der Waals surface area (Å²) in [6.07, 6.45) is -4.61. The Morgan fingerprint density at radius 2 is 1.12 bits per heavy atom. The number of aryl methyl sites for hydroxylation is 2. The fraction of sp³-hybridized carbons (Fsp3) is 0.429. The molecule has 0 aliphatic carbocycles. The van der Waals surface area contributed by atoms with Gasteiger partial charge < -0.3 is 9.47 Å². The van der Waals surface area contributed by atoms with Gasteiger partial charge in [-0.15, -0.1) is 13.2 Å². The van der Waals surface area contributed by atoms with Crippen molar-refractivity contribution in [1.82, 2.24) is 0 Å². The molecule has 0 unspecified atom stereocenters. The van der Waals surface area contributed by atoms with Crippen LogP contribution in [0.25, 0.3) is 0 Å². The SMILES string of the molecule is CC.CC.CCOc1ccccc1C.Cc1ccccc1OC(F)(F)F. The number of hydrogen-bond donors (Lipinski definition) is 0. The van der Waals surface area contributed by atoms with Gasteiger partial charge in [-0.1, -0.05) is 64.1 Å². The largest absolute Gasteiger partial charge is 0.573 e. The monoisotopic (exact) mass is 372 g/mol. The Bertz CT molecular complexity index is 581. The molecular formula is C21H31F3O2. The fourth-order valence-electron chi connectivity index (χ4n) is 1.67. The molecule has 0 aliphatic rings. The van der Waals surface area contributed by atoms with Crippen molar-refractivity contribution in [2.24, 2.45) is 0 Å². The minimum Gasteiger partial charge on any atom is -0.494 e. The second-order valence-corrected chi connectivity index (χ2v) is 4.51. The number of rotatable bonds is 3. The van der Waals surface area contributed by atoms with Crippen LogP contribution in [0.4, 0.5) is 13.2 Å². The smallest absolute Gasteiger partial charge is 0.494 e. The lowest BCUT2D eigenvalue weighted by Gasteiger charge is -2.10. The second-order valence-electron chi connectivity index (χ2n) is 4.51. The van der Waals surface area contributed by atoms with Gasteiger partial charge in [-0.05, 0) is 44.0 Å². The van der Waals surface area contributed by atoms with Gasteiger partial charge in [-0.2, -0.15) is 0 Å². The van der Waals surface area contributed by atoms with E-state index < -0.39 is 6.36 Å². The summed E-state index contributed by atoms with van der Waals surface area (Å²) in [4.78, 5) is 0. The zero-order valence-electron chi connectivity index (χ0n) is 16.8. The molecule has 0 atom stereocenters. The maximum atomic E-state index is 11.7. The van der Waals surface area contributed by atoms with E-state index >= 15 is 0 Å². The molecule has 2 nitrogen and oxygen atoms in total. The average Bonchev–Trinajstić information content (AvgIpc) is 2.62. The van der Waals surface area contributed by atoms with Crippen molar-refractivity contribution in [2.45, 2.75) is 54.8 Å². The molecule has 26 heavy (non-hydrogen) atoms. The van der Waals surface area contributed by atoms with Crippen LogP contribution >= 0.6 is 0 Å². The van der Waals surface area contributed by atoms with E-state index in [2.05, 4.69) is 4.74 Å². The van der Waals surface area contributed by atoms with E-state index in [9.17, 15) is 13.2 Å². The van der Waals surface area contributed by atoms with E-state index in [1.54, 1.807) is 19.1 Å². The molecule has 0 radical (unpaired) electrons. The quantitative estimate of drug-likeness (QED) is 0.561. The van der Waals surface area contributed by atoms with Crippen LogP contribution in [0.3, 0.4) is 0 Å². The highest BCUT2D eigenvalue weighted by molar-refractivity contribution is 5.32. The first-order valence-corrected chi connectivity index (χ1v) is 8.83. The summed E-state index contributed by atoms with van der Waals surface area (Å²) in [7, 11) is 0. The number of para-hydroxylation sites is 2. The zero-order valence-corrected chi connectivity index (χ0v) is 16.8. The normalized spacial score (nSPS) is 9.31. The van der Waals surface area contributed by atoms with Gasteiger partial charge in [0.25, 0.3) is 0 Å². The lowest BCUT2D eigenvalue weighted by Crippen LogP contribution is -2.17. The molecule has 0 aromatic heterocycles. The van der Waals surface area contributed by atoms with Crippen LogP contribution < -0.4 is 9.47 Å². The molecule has 2 aromatic rings. The van der Waals surface area contributed by atoms with Crippen LogP contribution in [-0.4, -0.2) is 13.0 Å². The molecule has 0 saturated carbocycles. The molecule has 5 heteroatoms. The van der Waals surface area contributed by atoms with Crippen molar-refractivity contribution in [3.8, 4) is 11.5 Å². The van der Waals surface area contributed by atoms with Gasteiger partial charge in [-0.3, -0.25) is 0 Å². The van der Waals surface area contributed by atoms with Crippen LogP contribution in [0.15, 0.2) is 48.5 Å². The first-order chi connectivity index (χ1) is 12.3. The molecular weight excluding hydrogens is 341 g/mol. The Kier molecular flexibility index (Phi) is 15.2. The molecule has 0 bridgehead atoms.